The summed E-state index contributed by atoms with van der Waals surface area (Å²) in [5, 5.41) is 10.1. The van der Waals surface area contributed by atoms with Crippen LogP contribution in [0.2, 0.25) is 0 Å². The summed E-state index contributed by atoms with van der Waals surface area (Å²) in [5.41, 5.74) is -0.993. The van der Waals surface area contributed by atoms with E-state index in [0.717, 1.165) is 32.1 Å². The standard InChI is InChI=1S/C34H50O10S/c1-29(2)23-10-13-34(7)27(32(23,5)12-11-24(29)43-25(36)8-9-26(37)44-45(40,41)42)22(35)18-20-21-19-31(4,28(38)39)15-14-30(21,3)16-17-33(20,34)6/h18,21,23-24,27H,8-17,19H2,1-7H3,(H,38,39)(H,40,41,42)/t21?,23?,24-,27+,30+,31-,32-,33+,34?/m0/s1. The summed E-state index contributed by atoms with van der Waals surface area (Å²) in [4.78, 5) is 51.2. The van der Waals surface area contributed by atoms with Gasteiger partial charge in [0, 0.05) is 11.3 Å². The molecule has 0 radical (unpaired) electrons. The Morgan fingerprint density at radius 1 is 0.889 bits per heavy atom. The van der Waals surface area contributed by atoms with Gasteiger partial charge in [-0.25, -0.2) is 0 Å². The summed E-state index contributed by atoms with van der Waals surface area (Å²) in [7, 11) is -4.94. The zero-order valence-electron chi connectivity index (χ0n) is 27.7. The maximum Gasteiger partial charge on any atom is 0.448 e. The Labute approximate surface area is 267 Å². The molecule has 5 aliphatic carbocycles. The molecule has 0 bridgehead atoms. The Bertz CT molecular complexity index is 1450. The lowest BCUT2D eigenvalue weighted by molar-refractivity contribution is -0.211. The number of hydrogen-bond acceptors (Lipinski definition) is 8. The number of carboxylic acids is 1. The summed E-state index contributed by atoms with van der Waals surface area (Å²) >= 11 is 0. The molecule has 0 aromatic heterocycles. The molecular weight excluding hydrogens is 600 g/mol. The molecule has 0 saturated heterocycles. The van der Waals surface area contributed by atoms with Crippen molar-refractivity contribution < 1.29 is 46.2 Å². The van der Waals surface area contributed by atoms with Gasteiger partial charge < -0.3 is 14.0 Å². The molecule has 2 N–H and O–H groups in total. The average molecular weight is 651 g/mol. The number of rotatable bonds is 6. The van der Waals surface area contributed by atoms with Crippen LogP contribution in [0.1, 0.15) is 119 Å². The summed E-state index contributed by atoms with van der Waals surface area (Å²) in [5.74, 6) is -2.58. The molecule has 0 heterocycles. The van der Waals surface area contributed by atoms with Crippen LogP contribution >= 0.6 is 0 Å². The zero-order valence-corrected chi connectivity index (χ0v) is 28.6. The van der Waals surface area contributed by atoms with E-state index in [1.807, 2.05) is 13.0 Å². The molecule has 4 fully saturated rings. The van der Waals surface area contributed by atoms with E-state index in [0.29, 0.717) is 25.7 Å². The van der Waals surface area contributed by atoms with Crippen LogP contribution in [0.15, 0.2) is 11.6 Å². The van der Waals surface area contributed by atoms with Crippen LogP contribution in [0.3, 0.4) is 0 Å². The Morgan fingerprint density at radius 3 is 2.13 bits per heavy atom. The Balaban J connectivity index is 1.40. The third-order valence-corrected chi connectivity index (χ3v) is 14.4. The molecular formula is C34H50O10S. The van der Waals surface area contributed by atoms with E-state index in [-0.39, 0.29) is 51.6 Å². The van der Waals surface area contributed by atoms with Gasteiger partial charge >= 0.3 is 28.3 Å². The maximum absolute atomic E-state index is 14.5. The number of esters is 1. The van der Waals surface area contributed by atoms with Gasteiger partial charge in [0.15, 0.2) is 5.78 Å². The average Bonchev–Trinajstić information content (AvgIpc) is 2.90. The molecule has 0 amide bonds. The highest BCUT2D eigenvalue weighted by Crippen LogP contribution is 2.75. The van der Waals surface area contributed by atoms with Crippen molar-refractivity contribution in [3.8, 4) is 0 Å². The number of carboxylic acid groups (broad SMARTS) is 1. The number of aliphatic carboxylic acids is 1. The van der Waals surface area contributed by atoms with Crippen molar-refractivity contribution in [2.75, 3.05) is 0 Å². The van der Waals surface area contributed by atoms with Crippen LogP contribution in [0, 0.1) is 50.2 Å². The summed E-state index contributed by atoms with van der Waals surface area (Å²) < 4.78 is 40.0. The lowest BCUT2D eigenvalue weighted by atomic mass is 9.33. The van der Waals surface area contributed by atoms with Crippen LogP contribution in [0.4, 0.5) is 0 Å². The van der Waals surface area contributed by atoms with Crippen molar-refractivity contribution in [1.29, 1.82) is 0 Å². The van der Waals surface area contributed by atoms with Crippen molar-refractivity contribution in [2.45, 2.75) is 125 Å². The SMILES string of the molecule is CC1(C)C2CCC3(C)[C@H](C(=O)C=C4C5C[C@@](C)(C(=O)O)CC[C@]5(C)CC[C@]43C)[C@@]2(C)CC[C@@H]1OC(=O)CCC(=O)OS(=O)(=O)O. The lowest BCUT2D eigenvalue weighted by Gasteiger charge is -2.70. The van der Waals surface area contributed by atoms with E-state index in [9.17, 15) is 32.7 Å². The second kappa shape index (κ2) is 10.6. The van der Waals surface area contributed by atoms with Crippen LogP contribution < -0.4 is 0 Å². The van der Waals surface area contributed by atoms with Crippen molar-refractivity contribution in [2.24, 2.45) is 50.2 Å². The number of ketones is 1. The molecule has 252 valence electrons. The molecule has 45 heavy (non-hydrogen) atoms. The molecule has 5 aliphatic rings. The number of allylic oxidation sites excluding steroid dienone is 2. The van der Waals surface area contributed by atoms with Crippen molar-refractivity contribution in [1.82, 2.24) is 0 Å². The first-order chi connectivity index (χ1) is 20.5. The fraction of sp³-hybridized carbons (Fsp3) is 0.824. The first-order valence-electron chi connectivity index (χ1n) is 16.4. The highest BCUT2D eigenvalue weighted by molar-refractivity contribution is 7.81. The fourth-order valence-electron chi connectivity index (χ4n) is 11.1. The van der Waals surface area contributed by atoms with Gasteiger partial charge in [0.25, 0.3) is 0 Å². The van der Waals surface area contributed by atoms with Crippen LogP contribution in [-0.4, -0.2) is 47.9 Å². The Hall–Kier alpha value is -2.27. The maximum atomic E-state index is 14.5. The third kappa shape index (κ3) is 5.28. The minimum Gasteiger partial charge on any atom is -0.481 e. The Kier molecular flexibility index (Phi) is 8.04. The van der Waals surface area contributed by atoms with E-state index in [1.165, 1.54) is 5.57 Å². The van der Waals surface area contributed by atoms with E-state index < -0.39 is 51.7 Å². The van der Waals surface area contributed by atoms with E-state index in [2.05, 4.69) is 45.7 Å². The van der Waals surface area contributed by atoms with Crippen LogP contribution in [-0.2, 0) is 38.5 Å². The van der Waals surface area contributed by atoms with Gasteiger partial charge in [-0.1, -0.05) is 47.1 Å². The molecule has 0 aromatic rings. The molecule has 5 rings (SSSR count). The number of ether oxygens (including phenoxy) is 1. The van der Waals surface area contributed by atoms with E-state index in [4.69, 9.17) is 9.29 Å². The number of carbonyl (C=O) groups excluding carboxylic acids is 3. The van der Waals surface area contributed by atoms with Crippen LogP contribution in [0.5, 0.6) is 0 Å². The topological polar surface area (TPSA) is 161 Å². The van der Waals surface area contributed by atoms with Gasteiger partial charge in [-0.15, -0.1) is 0 Å². The minimum absolute atomic E-state index is 0.0160. The van der Waals surface area contributed by atoms with Gasteiger partial charge in [-0.05, 0) is 104 Å². The molecule has 4 saturated carbocycles. The molecule has 0 aromatic carbocycles. The normalized spacial score (nSPS) is 43.8. The van der Waals surface area contributed by atoms with Gasteiger partial charge in [-0.2, -0.15) is 8.42 Å². The zero-order chi connectivity index (χ0) is 33.6. The lowest BCUT2D eigenvalue weighted by Crippen LogP contribution is -2.66. The van der Waals surface area contributed by atoms with Crippen molar-refractivity contribution in [3.63, 3.8) is 0 Å². The summed E-state index contributed by atoms with van der Waals surface area (Å²) in [6.45, 7) is 15.2. The fourth-order valence-corrected chi connectivity index (χ4v) is 11.5. The van der Waals surface area contributed by atoms with Crippen molar-refractivity contribution >= 4 is 34.1 Å². The second-order valence-electron chi connectivity index (χ2n) is 16.8. The Morgan fingerprint density at radius 2 is 1.51 bits per heavy atom. The highest BCUT2D eigenvalue weighted by atomic mass is 32.3. The minimum atomic E-state index is -4.94. The summed E-state index contributed by atoms with van der Waals surface area (Å²) in [6, 6.07) is 0. The molecule has 9 atom stereocenters. The molecule has 11 heteroatoms. The number of carbonyl (C=O) groups is 4. The monoisotopic (exact) mass is 650 g/mol. The van der Waals surface area contributed by atoms with Gasteiger partial charge in [-0.3, -0.25) is 23.7 Å². The first-order valence-corrected chi connectivity index (χ1v) is 17.8. The number of fused-ring (bicyclic) bond motifs is 7. The number of hydrogen-bond donors (Lipinski definition) is 2. The molecule has 0 spiro atoms. The van der Waals surface area contributed by atoms with E-state index >= 15 is 0 Å². The van der Waals surface area contributed by atoms with Crippen molar-refractivity contribution in [3.05, 3.63) is 11.6 Å². The summed E-state index contributed by atoms with van der Waals surface area (Å²) in [6.07, 6.45) is 7.53. The third-order valence-electron chi connectivity index (χ3n) is 14.0. The van der Waals surface area contributed by atoms with E-state index in [1.54, 1.807) is 0 Å². The predicted octanol–water partition coefficient (Wildman–Crippen LogP) is 6.09. The molecule has 10 nitrogen and oxygen atoms in total. The smallest absolute Gasteiger partial charge is 0.448 e. The second-order valence-corrected chi connectivity index (χ2v) is 17.8. The van der Waals surface area contributed by atoms with Gasteiger partial charge in [0.1, 0.15) is 6.10 Å². The van der Waals surface area contributed by atoms with Gasteiger partial charge in [0.2, 0.25) is 0 Å². The largest absolute Gasteiger partial charge is 0.481 e. The predicted molar refractivity (Wildman–Crippen MR) is 164 cm³/mol. The first kappa shape index (κ1) is 34.1. The molecule has 0 aliphatic heterocycles. The molecule has 3 unspecified atom stereocenters. The van der Waals surface area contributed by atoms with Crippen LogP contribution in [0.25, 0.3) is 0 Å². The highest BCUT2D eigenvalue weighted by Gasteiger charge is 2.70. The van der Waals surface area contributed by atoms with Gasteiger partial charge in [0.05, 0.1) is 18.3 Å². The quantitative estimate of drug-likeness (QED) is 0.254.